The Morgan fingerprint density at radius 3 is 2.36 bits per heavy atom. The number of hydrogen-bond donors (Lipinski definition) is 0. The van der Waals surface area contributed by atoms with Gasteiger partial charge in [0.15, 0.2) is 0 Å². The van der Waals surface area contributed by atoms with Gasteiger partial charge in [0, 0.05) is 5.39 Å². The Bertz CT molecular complexity index is 819. The van der Waals surface area contributed by atoms with Crippen LogP contribution in [-0.4, -0.2) is 11.0 Å². The Morgan fingerprint density at radius 2 is 1.59 bits per heavy atom. The van der Waals surface area contributed by atoms with Crippen molar-refractivity contribution in [3.05, 3.63) is 78.0 Å². The Labute approximate surface area is 144 Å². The molecule has 0 aliphatic rings. The number of ether oxygens (including phenoxy) is 1. The summed E-state index contributed by atoms with van der Waals surface area (Å²) in [4.78, 5) is 16.7. The molecule has 0 amide bonds. The molecule has 22 heavy (non-hydrogen) atoms. The van der Waals surface area contributed by atoms with Crippen LogP contribution >= 0.6 is 31.9 Å². The number of para-hydroxylation sites is 1. The van der Waals surface area contributed by atoms with E-state index < -0.39 is 9.39 Å². The van der Waals surface area contributed by atoms with E-state index in [1.807, 2.05) is 42.5 Å². The van der Waals surface area contributed by atoms with Crippen molar-refractivity contribution in [2.75, 3.05) is 0 Å². The van der Waals surface area contributed by atoms with E-state index in [1.54, 1.807) is 24.3 Å². The first-order chi connectivity index (χ1) is 10.6. The Balaban J connectivity index is 1.89. The van der Waals surface area contributed by atoms with Gasteiger partial charge in [0.1, 0.15) is 5.69 Å². The van der Waals surface area contributed by atoms with Gasteiger partial charge in [-0.25, -0.2) is 9.78 Å². The van der Waals surface area contributed by atoms with Crippen molar-refractivity contribution < 1.29 is 9.53 Å². The lowest BCUT2D eigenvalue weighted by molar-refractivity contribution is 0.0417. The van der Waals surface area contributed by atoms with Gasteiger partial charge in [-0.2, -0.15) is 0 Å². The summed E-state index contributed by atoms with van der Waals surface area (Å²) in [5, 5.41) is 1.02. The minimum Gasteiger partial charge on any atom is -0.427 e. The highest BCUT2D eigenvalue weighted by Gasteiger charge is 2.32. The van der Waals surface area contributed by atoms with E-state index >= 15 is 0 Å². The minimum atomic E-state index is -1.17. The summed E-state index contributed by atoms with van der Waals surface area (Å²) < 4.78 is 4.32. The zero-order valence-electron chi connectivity index (χ0n) is 11.4. The van der Waals surface area contributed by atoms with Crippen LogP contribution in [-0.2, 0) is 8.16 Å². The zero-order chi connectivity index (χ0) is 15.6. The van der Waals surface area contributed by atoms with Gasteiger partial charge in [0.25, 0.3) is 3.42 Å². The number of halogens is 2. The Hall–Kier alpha value is -1.72. The number of alkyl halides is 2. The lowest BCUT2D eigenvalue weighted by Gasteiger charge is -2.20. The fourth-order valence-corrected chi connectivity index (χ4v) is 2.77. The van der Waals surface area contributed by atoms with Gasteiger partial charge < -0.3 is 4.74 Å². The molecular formula is C17H11Br2NO2. The van der Waals surface area contributed by atoms with Gasteiger partial charge in [0.05, 0.1) is 11.1 Å². The fourth-order valence-electron chi connectivity index (χ4n) is 2.03. The number of fused-ring (bicyclic) bond motifs is 1. The van der Waals surface area contributed by atoms with Crippen LogP contribution in [0.5, 0.6) is 0 Å². The second-order valence-electron chi connectivity index (χ2n) is 4.66. The monoisotopic (exact) mass is 419 g/mol. The number of rotatable bonds is 3. The second-order valence-corrected chi connectivity index (χ2v) is 7.96. The predicted octanol–water partition coefficient (Wildman–Crippen LogP) is 4.99. The van der Waals surface area contributed by atoms with E-state index in [0.717, 1.165) is 10.9 Å². The molecule has 0 atom stereocenters. The third-order valence-corrected chi connectivity index (χ3v) is 4.26. The first-order valence-corrected chi connectivity index (χ1v) is 8.17. The molecule has 2 aromatic carbocycles. The molecule has 1 heterocycles. The summed E-state index contributed by atoms with van der Waals surface area (Å²) in [6, 6.07) is 20.3. The molecule has 0 saturated carbocycles. The van der Waals surface area contributed by atoms with Gasteiger partial charge in [-0.1, -0.05) is 42.5 Å². The average Bonchev–Trinajstić information content (AvgIpc) is 2.55. The number of nitrogens with zero attached hydrogens (tertiary/aromatic N) is 1. The van der Waals surface area contributed by atoms with E-state index in [4.69, 9.17) is 4.74 Å². The molecule has 0 aliphatic heterocycles. The summed E-state index contributed by atoms with van der Waals surface area (Å²) >= 11 is 6.77. The van der Waals surface area contributed by atoms with Gasteiger partial charge in [0.2, 0.25) is 0 Å². The highest BCUT2D eigenvalue weighted by Crippen LogP contribution is 2.39. The molecule has 0 aliphatic carbocycles. The van der Waals surface area contributed by atoms with Crippen LogP contribution < -0.4 is 0 Å². The van der Waals surface area contributed by atoms with Crippen molar-refractivity contribution in [3.8, 4) is 0 Å². The van der Waals surface area contributed by atoms with Gasteiger partial charge in [-0.15, -0.1) is 0 Å². The van der Waals surface area contributed by atoms with Crippen molar-refractivity contribution in [2.24, 2.45) is 0 Å². The first-order valence-electron chi connectivity index (χ1n) is 6.59. The SMILES string of the molecule is O=C(OC(Br)(Br)c1ccc2ccccc2n1)c1ccccc1. The number of carbonyl (C=O) groups is 1. The van der Waals surface area contributed by atoms with Crippen LogP contribution in [0, 0.1) is 0 Å². The third kappa shape index (κ3) is 3.20. The highest BCUT2D eigenvalue weighted by atomic mass is 79.9. The van der Waals surface area contributed by atoms with E-state index in [0.29, 0.717) is 11.3 Å². The van der Waals surface area contributed by atoms with E-state index in [9.17, 15) is 4.79 Å². The molecule has 0 radical (unpaired) electrons. The first kappa shape index (κ1) is 15.2. The van der Waals surface area contributed by atoms with E-state index in [1.165, 1.54) is 0 Å². The Morgan fingerprint density at radius 1 is 0.909 bits per heavy atom. The highest BCUT2D eigenvalue weighted by molar-refractivity contribution is 9.24. The van der Waals surface area contributed by atoms with Crippen LogP contribution in [0.3, 0.4) is 0 Å². The maximum atomic E-state index is 12.2. The molecule has 0 unspecified atom stereocenters. The maximum absolute atomic E-state index is 12.2. The van der Waals surface area contributed by atoms with Crippen LogP contribution in [0.4, 0.5) is 0 Å². The second kappa shape index (κ2) is 6.18. The predicted molar refractivity (Wildman–Crippen MR) is 93.1 cm³/mol. The number of benzene rings is 2. The van der Waals surface area contributed by atoms with Gasteiger partial charge in [-0.05, 0) is 56.1 Å². The van der Waals surface area contributed by atoms with Crippen molar-refractivity contribution in [1.29, 1.82) is 0 Å². The van der Waals surface area contributed by atoms with Gasteiger partial charge in [-0.3, -0.25) is 0 Å². The molecule has 0 fully saturated rings. The number of aromatic nitrogens is 1. The smallest absolute Gasteiger partial charge is 0.340 e. The molecule has 0 saturated heterocycles. The minimum absolute atomic E-state index is 0.440. The number of hydrogen-bond acceptors (Lipinski definition) is 3. The van der Waals surface area contributed by atoms with E-state index in [2.05, 4.69) is 36.8 Å². The molecule has 0 N–H and O–H groups in total. The van der Waals surface area contributed by atoms with E-state index in [-0.39, 0.29) is 0 Å². The van der Waals surface area contributed by atoms with Crippen LogP contribution in [0.25, 0.3) is 10.9 Å². The van der Waals surface area contributed by atoms with Crippen LogP contribution in [0.1, 0.15) is 16.1 Å². The average molecular weight is 421 g/mol. The third-order valence-electron chi connectivity index (χ3n) is 3.13. The summed E-state index contributed by atoms with van der Waals surface area (Å²) in [5.41, 5.74) is 1.88. The summed E-state index contributed by atoms with van der Waals surface area (Å²) in [6.07, 6.45) is 0. The molecule has 3 nitrogen and oxygen atoms in total. The number of esters is 1. The van der Waals surface area contributed by atoms with Crippen molar-refractivity contribution in [1.82, 2.24) is 4.98 Å². The largest absolute Gasteiger partial charge is 0.427 e. The molecule has 1 aromatic heterocycles. The quantitative estimate of drug-likeness (QED) is 0.442. The van der Waals surface area contributed by atoms with Crippen molar-refractivity contribution in [3.63, 3.8) is 0 Å². The maximum Gasteiger partial charge on any atom is 0.340 e. The molecule has 0 spiro atoms. The van der Waals surface area contributed by atoms with Crippen molar-refractivity contribution in [2.45, 2.75) is 3.42 Å². The topological polar surface area (TPSA) is 39.2 Å². The summed E-state index contributed by atoms with van der Waals surface area (Å²) in [7, 11) is 0. The van der Waals surface area contributed by atoms with Crippen LogP contribution in [0.2, 0.25) is 0 Å². The van der Waals surface area contributed by atoms with Crippen LogP contribution in [0.15, 0.2) is 66.7 Å². The fraction of sp³-hybridized carbons (Fsp3) is 0.0588. The lowest BCUT2D eigenvalue weighted by atomic mass is 10.2. The summed E-state index contributed by atoms with van der Waals surface area (Å²) in [6.45, 7) is 0. The number of carbonyl (C=O) groups excluding carboxylic acids is 1. The standard InChI is InChI=1S/C17H11Br2NO2/c18-17(19,22-16(21)13-7-2-1-3-8-13)15-11-10-12-6-4-5-9-14(12)20-15/h1-11H. The molecule has 5 heteroatoms. The van der Waals surface area contributed by atoms with Crippen molar-refractivity contribution >= 4 is 48.7 Å². The lowest BCUT2D eigenvalue weighted by Crippen LogP contribution is -2.20. The molecule has 3 rings (SSSR count). The number of pyridine rings is 1. The normalized spacial score (nSPS) is 11.4. The molecule has 110 valence electrons. The zero-order valence-corrected chi connectivity index (χ0v) is 14.5. The summed E-state index contributed by atoms with van der Waals surface area (Å²) in [5.74, 6) is -0.440. The molecular weight excluding hydrogens is 410 g/mol. The Kier molecular flexibility index (Phi) is 4.27. The molecule has 0 bridgehead atoms. The molecule has 3 aromatic rings. The van der Waals surface area contributed by atoms with Gasteiger partial charge >= 0.3 is 5.97 Å².